The number of rotatable bonds is 5. The van der Waals surface area contributed by atoms with Gasteiger partial charge in [0.1, 0.15) is 6.04 Å². The molecule has 0 aliphatic carbocycles. The molecule has 1 aliphatic heterocycles. The van der Waals surface area contributed by atoms with E-state index in [1.807, 2.05) is 6.92 Å². The Morgan fingerprint density at radius 3 is 2.28 bits per heavy atom. The molecule has 0 aromatic carbocycles. The number of carbonyl (C=O) groups excluding carboxylic acids is 1. The highest BCUT2D eigenvalue weighted by Gasteiger charge is 2.24. The van der Waals surface area contributed by atoms with Crippen LogP contribution in [0.2, 0.25) is 0 Å². The second-order valence-corrected chi connectivity index (χ2v) is 4.55. The zero-order chi connectivity index (χ0) is 13.5. The van der Waals surface area contributed by atoms with Gasteiger partial charge < -0.3 is 20.2 Å². The number of amides is 2. The van der Waals surface area contributed by atoms with E-state index in [-0.39, 0.29) is 6.03 Å². The standard InChI is InChI=1S/C12H23N3O3/c1-3-5-10(11(16)17)13-12(18)15-8-6-14(4-2)7-9-15/h10H,3-9H2,1-2H3,(H,13,18)(H,16,17)/t10-/m0/s1. The highest BCUT2D eigenvalue weighted by Crippen LogP contribution is 2.03. The van der Waals surface area contributed by atoms with Crippen molar-refractivity contribution in [1.82, 2.24) is 15.1 Å². The first-order chi connectivity index (χ1) is 8.58. The maximum absolute atomic E-state index is 11.9. The van der Waals surface area contributed by atoms with Gasteiger partial charge in [-0.15, -0.1) is 0 Å². The van der Waals surface area contributed by atoms with Gasteiger partial charge in [-0.3, -0.25) is 0 Å². The van der Waals surface area contributed by atoms with E-state index in [1.54, 1.807) is 4.90 Å². The molecule has 104 valence electrons. The van der Waals surface area contributed by atoms with Crippen LogP contribution in [-0.4, -0.2) is 65.7 Å². The SMILES string of the molecule is CCC[C@H](NC(=O)N1CCN(CC)CC1)C(=O)O. The molecular formula is C12H23N3O3. The number of carboxylic acids is 1. The van der Waals surface area contributed by atoms with E-state index in [4.69, 9.17) is 5.11 Å². The van der Waals surface area contributed by atoms with E-state index < -0.39 is 12.0 Å². The van der Waals surface area contributed by atoms with Crippen molar-refractivity contribution in [3.63, 3.8) is 0 Å². The van der Waals surface area contributed by atoms with Crippen molar-refractivity contribution < 1.29 is 14.7 Å². The minimum atomic E-state index is -0.961. The van der Waals surface area contributed by atoms with E-state index in [9.17, 15) is 9.59 Å². The Bertz CT molecular complexity index is 288. The van der Waals surface area contributed by atoms with Crippen molar-refractivity contribution in [2.24, 2.45) is 0 Å². The summed E-state index contributed by atoms with van der Waals surface area (Å²) in [6.45, 7) is 8.03. The van der Waals surface area contributed by atoms with Crippen molar-refractivity contribution >= 4 is 12.0 Å². The van der Waals surface area contributed by atoms with Gasteiger partial charge in [0.2, 0.25) is 0 Å². The number of aliphatic carboxylic acids is 1. The number of piperazine rings is 1. The third-order valence-electron chi connectivity index (χ3n) is 3.28. The smallest absolute Gasteiger partial charge is 0.326 e. The first kappa shape index (κ1) is 14.8. The van der Waals surface area contributed by atoms with Crippen molar-refractivity contribution in [3.05, 3.63) is 0 Å². The van der Waals surface area contributed by atoms with Gasteiger partial charge in [0.25, 0.3) is 0 Å². The second-order valence-electron chi connectivity index (χ2n) is 4.55. The highest BCUT2D eigenvalue weighted by atomic mass is 16.4. The van der Waals surface area contributed by atoms with Crippen molar-refractivity contribution in [2.45, 2.75) is 32.7 Å². The molecule has 1 saturated heterocycles. The molecule has 0 spiro atoms. The lowest BCUT2D eigenvalue weighted by Gasteiger charge is -2.34. The summed E-state index contributed by atoms with van der Waals surface area (Å²) in [4.78, 5) is 26.8. The molecule has 6 heteroatoms. The summed E-state index contributed by atoms with van der Waals surface area (Å²) in [5.41, 5.74) is 0. The lowest BCUT2D eigenvalue weighted by atomic mass is 10.2. The summed E-state index contributed by atoms with van der Waals surface area (Å²) in [6, 6.07) is -1.03. The van der Waals surface area contributed by atoms with Gasteiger partial charge in [0.15, 0.2) is 0 Å². The maximum atomic E-state index is 11.9. The fourth-order valence-corrected chi connectivity index (χ4v) is 2.05. The van der Waals surface area contributed by atoms with Crippen LogP contribution in [0.3, 0.4) is 0 Å². The molecule has 0 saturated carbocycles. The van der Waals surface area contributed by atoms with Crippen LogP contribution in [0.1, 0.15) is 26.7 Å². The minimum absolute atomic E-state index is 0.258. The summed E-state index contributed by atoms with van der Waals surface area (Å²) in [6.07, 6.45) is 1.21. The third kappa shape index (κ3) is 4.18. The number of hydrogen-bond donors (Lipinski definition) is 2. The maximum Gasteiger partial charge on any atom is 0.326 e. The highest BCUT2D eigenvalue weighted by molar-refractivity contribution is 5.82. The quantitative estimate of drug-likeness (QED) is 0.756. The summed E-state index contributed by atoms with van der Waals surface area (Å²) in [5.74, 6) is -0.961. The van der Waals surface area contributed by atoms with Crippen molar-refractivity contribution in [2.75, 3.05) is 32.7 Å². The number of carboxylic acid groups (broad SMARTS) is 1. The van der Waals surface area contributed by atoms with Gasteiger partial charge in [0, 0.05) is 26.2 Å². The topological polar surface area (TPSA) is 72.9 Å². The Kier molecular flexibility index (Phi) is 5.91. The summed E-state index contributed by atoms with van der Waals surface area (Å²) >= 11 is 0. The number of urea groups is 1. The number of likely N-dealkylation sites (N-methyl/N-ethyl adjacent to an activating group) is 1. The predicted molar refractivity (Wildman–Crippen MR) is 68.6 cm³/mol. The van der Waals surface area contributed by atoms with Crippen LogP contribution in [0.25, 0.3) is 0 Å². The molecule has 1 heterocycles. The molecule has 1 rings (SSSR count). The average Bonchev–Trinajstić information content (AvgIpc) is 2.38. The van der Waals surface area contributed by atoms with Crippen molar-refractivity contribution in [3.8, 4) is 0 Å². The normalized spacial score (nSPS) is 18.4. The van der Waals surface area contributed by atoms with Crippen LogP contribution < -0.4 is 5.32 Å². The predicted octanol–water partition coefficient (Wildman–Crippen LogP) is 0.587. The van der Waals surface area contributed by atoms with Crippen LogP contribution in [0.4, 0.5) is 4.79 Å². The molecular weight excluding hydrogens is 234 g/mol. The largest absolute Gasteiger partial charge is 0.480 e. The average molecular weight is 257 g/mol. The molecule has 2 N–H and O–H groups in total. The molecule has 1 fully saturated rings. The molecule has 6 nitrogen and oxygen atoms in total. The Morgan fingerprint density at radius 2 is 1.83 bits per heavy atom. The van der Waals surface area contributed by atoms with Gasteiger partial charge in [-0.2, -0.15) is 0 Å². The van der Waals surface area contributed by atoms with Gasteiger partial charge in [-0.1, -0.05) is 20.3 Å². The molecule has 1 atom stereocenters. The zero-order valence-corrected chi connectivity index (χ0v) is 11.2. The molecule has 0 unspecified atom stereocenters. The molecule has 0 aromatic rings. The van der Waals surface area contributed by atoms with Crippen LogP contribution in [0.15, 0.2) is 0 Å². The van der Waals surface area contributed by atoms with Crippen LogP contribution in [0, 0.1) is 0 Å². The van der Waals surface area contributed by atoms with Gasteiger partial charge >= 0.3 is 12.0 Å². The first-order valence-electron chi connectivity index (χ1n) is 6.59. The van der Waals surface area contributed by atoms with Crippen molar-refractivity contribution in [1.29, 1.82) is 0 Å². The van der Waals surface area contributed by atoms with Crippen LogP contribution in [0.5, 0.6) is 0 Å². The zero-order valence-electron chi connectivity index (χ0n) is 11.2. The van der Waals surface area contributed by atoms with E-state index in [0.717, 1.165) is 26.1 Å². The van der Waals surface area contributed by atoms with Gasteiger partial charge in [-0.05, 0) is 13.0 Å². The van der Waals surface area contributed by atoms with Crippen LogP contribution >= 0.6 is 0 Å². The van der Waals surface area contributed by atoms with E-state index in [0.29, 0.717) is 19.5 Å². The number of hydrogen-bond acceptors (Lipinski definition) is 3. The molecule has 18 heavy (non-hydrogen) atoms. The lowest BCUT2D eigenvalue weighted by molar-refractivity contribution is -0.139. The monoisotopic (exact) mass is 257 g/mol. The summed E-state index contributed by atoms with van der Waals surface area (Å²) in [7, 11) is 0. The van der Waals surface area contributed by atoms with Gasteiger partial charge in [0.05, 0.1) is 0 Å². The number of nitrogens with one attached hydrogen (secondary N) is 1. The third-order valence-corrected chi connectivity index (χ3v) is 3.28. The summed E-state index contributed by atoms with van der Waals surface area (Å²) in [5, 5.41) is 11.6. The summed E-state index contributed by atoms with van der Waals surface area (Å²) < 4.78 is 0. The van der Waals surface area contributed by atoms with Gasteiger partial charge in [-0.25, -0.2) is 9.59 Å². The van der Waals surface area contributed by atoms with E-state index in [2.05, 4.69) is 17.1 Å². The second kappa shape index (κ2) is 7.20. The fourth-order valence-electron chi connectivity index (χ4n) is 2.05. The lowest BCUT2D eigenvalue weighted by Crippen LogP contribution is -2.54. The van der Waals surface area contributed by atoms with Crippen LogP contribution in [-0.2, 0) is 4.79 Å². The molecule has 0 aromatic heterocycles. The Morgan fingerprint density at radius 1 is 1.22 bits per heavy atom. The Balaban J connectivity index is 2.42. The number of nitrogens with zero attached hydrogens (tertiary/aromatic N) is 2. The van der Waals surface area contributed by atoms with E-state index >= 15 is 0 Å². The molecule has 1 aliphatic rings. The number of carbonyl (C=O) groups is 2. The Labute approximate surface area is 108 Å². The minimum Gasteiger partial charge on any atom is -0.480 e. The molecule has 2 amide bonds. The Hall–Kier alpha value is -1.30. The fraction of sp³-hybridized carbons (Fsp3) is 0.833. The first-order valence-corrected chi connectivity index (χ1v) is 6.59. The van der Waals surface area contributed by atoms with E-state index in [1.165, 1.54) is 0 Å². The molecule has 0 bridgehead atoms. The molecule has 0 radical (unpaired) electrons.